The molecule has 1 aromatic carbocycles. The maximum atomic E-state index is 12.5. The van der Waals surface area contributed by atoms with E-state index in [4.69, 9.17) is 11.6 Å². The number of benzene rings is 1. The van der Waals surface area contributed by atoms with Crippen LogP contribution in [0, 0.1) is 0 Å². The Labute approximate surface area is 125 Å². The molecule has 1 aliphatic rings. The van der Waals surface area contributed by atoms with Gasteiger partial charge in [-0.05, 0) is 18.2 Å². The number of aliphatic hydroxyl groups excluding tert-OH is 1. The third-order valence-electron chi connectivity index (χ3n) is 3.17. The molecule has 1 aliphatic heterocycles. The van der Waals surface area contributed by atoms with Crippen molar-refractivity contribution in [2.45, 2.75) is 17.0 Å². The summed E-state index contributed by atoms with van der Waals surface area (Å²) in [7, 11) is -2.27. The summed E-state index contributed by atoms with van der Waals surface area (Å²) in [6, 6.07) is 4.12. The maximum Gasteiger partial charge on any atom is 0.244 e. The molecule has 0 unspecified atom stereocenters. The van der Waals surface area contributed by atoms with Crippen molar-refractivity contribution in [3.63, 3.8) is 0 Å². The molecule has 0 aliphatic carbocycles. The fourth-order valence-electron chi connectivity index (χ4n) is 2.04. The van der Waals surface area contributed by atoms with Gasteiger partial charge in [0.2, 0.25) is 10.0 Å². The van der Waals surface area contributed by atoms with Gasteiger partial charge in [-0.25, -0.2) is 8.42 Å². The maximum absolute atomic E-state index is 12.5. The highest BCUT2D eigenvalue weighted by Gasteiger charge is 2.36. The summed E-state index contributed by atoms with van der Waals surface area (Å²) in [5.41, 5.74) is 0. The molecule has 1 heterocycles. The van der Waals surface area contributed by atoms with Crippen molar-refractivity contribution in [3.8, 4) is 0 Å². The van der Waals surface area contributed by atoms with Crippen molar-refractivity contribution < 1.29 is 13.5 Å². The number of hydrogen-bond acceptors (Lipinski definition) is 4. The van der Waals surface area contributed by atoms with Gasteiger partial charge in [-0.15, -0.1) is 0 Å². The molecule has 5 nitrogen and oxygen atoms in total. The monoisotopic (exact) mass is 368 g/mol. The van der Waals surface area contributed by atoms with Gasteiger partial charge in [0, 0.05) is 24.6 Å². The van der Waals surface area contributed by atoms with Crippen molar-refractivity contribution in [3.05, 3.63) is 27.7 Å². The van der Waals surface area contributed by atoms with Gasteiger partial charge < -0.3 is 10.4 Å². The zero-order valence-corrected chi connectivity index (χ0v) is 13.3. The molecule has 2 rings (SSSR count). The summed E-state index contributed by atoms with van der Waals surface area (Å²) < 4.78 is 26.9. The average molecular weight is 370 g/mol. The van der Waals surface area contributed by atoms with Gasteiger partial charge in [0.05, 0.1) is 17.2 Å². The summed E-state index contributed by atoms with van der Waals surface area (Å²) in [4.78, 5) is 0.0407. The number of nitrogens with zero attached hydrogens (tertiary/aromatic N) is 1. The Bertz CT molecular complexity index is 581. The van der Waals surface area contributed by atoms with E-state index in [2.05, 4.69) is 21.2 Å². The zero-order valence-electron chi connectivity index (χ0n) is 10.2. The van der Waals surface area contributed by atoms with Crippen LogP contribution in [0.4, 0.5) is 0 Å². The Morgan fingerprint density at radius 1 is 1.47 bits per heavy atom. The lowest BCUT2D eigenvalue weighted by atomic mass is 10.2. The molecule has 0 amide bonds. The Balaban J connectivity index is 2.36. The van der Waals surface area contributed by atoms with Crippen molar-refractivity contribution in [2.24, 2.45) is 0 Å². The largest absolute Gasteiger partial charge is 0.390 e. The molecule has 1 aromatic rings. The molecule has 2 atom stereocenters. The lowest BCUT2D eigenvalue weighted by molar-refractivity contribution is 0.136. The Morgan fingerprint density at radius 3 is 2.68 bits per heavy atom. The molecule has 1 fully saturated rings. The molecule has 1 saturated heterocycles. The van der Waals surface area contributed by atoms with E-state index in [1.807, 2.05) is 0 Å². The van der Waals surface area contributed by atoms with E-state index in [9.17, 15) is 13.5 Å². The minimum Gasteiger partial charge on any atom is -0.390 e. The predicted molar refractivity (Wildman–Crippen MR) is 76.8 cm³/mol. The molecule has 0 bridgehead atoms. The molecule has 19 heavy (non-hydrogen) atoms. The average Bonchev–Trinajstić information content (AvgIpc) is 2.73. The van der Waals surface area contributed by atoms with Crippen LogP contribution in [-0.2, 0) is 10.0 Å². The van der Waals surface area contributed by atoms with Gasteiger partial charge in [0.15, 0.2) is 0 Å². The first kappa shape index (κ1) is 15.2. The zero-order chi connectivity index (χ0) is 14.2. The van der Waals surface area contributed by atoms with Crippen LogP contribution in [-0.4, -0.2) is 50.1 Å². The van der Waals surface area contributed by atoms with Gasteiger partial charge in [-0.2, -0.15) is 4.31 Å². The van der Waals surface area contributed by atoms with E-state index in [-0.39, 0.29) is 9.92 Å². The quantitative estimate of drug-likeness (QED) is 0.836. The molecule has 106 valence electrons. The predicted octanol–water partition coefficient (Wildman–Crippen LogP) is 1.06. The van der Waals surface area contributed by atoms with Crippen LogP contribution in [0.15, 0.2) is 27.6 Å². The van der Waals surface area contributed by atoms with Gasteiger partial charge in [0.1, 0.15) is 4.90 Å². The number of likely N-dealkylation sites (N-methyl/N-ethyl adjacent to an activating group) is 1. The van der Waals surface area contributed by atoms with Crippen LogP contribution in [0.3, 0.4) is 0 Å². The SMILES string of the molecule is CN([C@H]1CNC[C@@H]1O)S(=O)(=O)c1ccc(Br)cc1Cl. The minimum atomic E-state index is -3.72. The van der Waals surface area contributed by atoms with Gasteiger partial charge in [-0.3, -0.25) is 0 Å². The number of hydrogen-bond donors (Lipinski definition) is 2. The van der Waals surface area contributed by atoms with Crippen molar-refractivity contribution in [1.82, 2.24) is 9.62 Å². The topological polar surface area (TPSA) is 69.6 Å². The summed E-state index contributed by atoms with van der Waals surface area (Å²) in [6.45, 7) is 0.809. The highest BCUT2D eigenvalue weighted by atomic mass is 79.9. The first-order chi connectivity index (χ1) is 8.84. The lowest BCUT2D eigenvalue weighted by Crippen LogP contribution is -2.44. The summed E-state index contributed by atoms with van der Waals surface area (Å²) in [6.07, 6.45) is -0.714. The number of aliphatic hydroxyl groups is 1. The van der Waals surface area contributed by atoms with Crippen molar-refractivity contribution >= 4 is 37.6 Å². The molecule has 2 N–H and O–H groups in total. The second-order valence-corrected chi connectivity index (χ2v) is 7.68. The fraction of sp³-hybridized carbons (Fsp3) is 0.455. The molecular formula is C11H14BrClN2O3S. The first-order valence-corrected chi connectivity index (χ1v) is 8.27. The number of sulfonamides is 1. The Kier molecular flexibility index (Phi) is 4.54. The second-order valence-electron chi connectivity index (χ2n) is 4.39. The van der Waals surface area contributed by atoms with E-state index in [1.54, 1.807) is 6.07 Å². The third kappa shape index (κ3) is 2.96. The second kappa shape index (κ2) is 5.67. The number of rotatable bonds is 3. The summed E-state index contributed by atoms with van der Waals surface area (Å²) in [5, 5.41) is 12.9. The molecule has 0 saturated carbocycles. The standard InChI is InChI=1S/C11H14BrClN2O3S/c1-15(9-5-14-6-10(9)16)19(17,18)11-3-2-7(12)4-8(11)13/h2-4,9-10,14,16H,5-6H2,1H3/t9-,10-/m0/s1. The van der Waals surface area contributed by atoms with Crippen molar-refractivity contribution in [1.29, 1.82) is 0 Å². The van der Waals surface area contributed by atoms with Gasteiger partial charge >= 0.3 is 0 Å². The normalized spacial score (nSPS) is 24.1. The van der Waals surface area contributed by atoms with Crippen molar-refractivity contribution in [2.75, 3.05) is 20.1 Å². The Hall–Kier alpha value is -0.180. The molecule has 0 spiro atoms. The van der Waals surface area contributed by atoms with E-state index in [0.29, 0.717) is 17.6 Å². The van der Waals surface area contributed by atoms with Crippen LogP contribution in [0.1, 0.15) is 0 Å². The smallest absolute Gasteiger partial charge is 0.244 e. The van der Waals surface area contributed by atoms with Crippen LogP contribution in [0.2, 0.25) is 5.02 Å². The van der Waals surface area contributed by atoms with Gasteiger partial charge in [-0.1, -0.05) is 27.5 Å². The van der Waals surface area contributed by atoms with E-state index in [1.165, 1.54) is 23.5 Å². The third-order valence-corrected chi connectivity index (χ3v) is 6.03. The fourth-order valence-corrected chi connectivity index (χ4v) is 4.43. The molecule has 8 heteroatoms. The van der Waals surface area contributed by atoms with E-state index >= 15 is 0 Å². The highest BCUT2D eigenvalue weighted by molar-refractivity contribution is 9.10. The first-order valence-electron chi connectivity index (χ1n) is 5.66. The number of β-amino-alcohol motifs (C(OH)–C–C–N with tert-alkyl or cyclic N) is 1. The number of halogens is 2. The summed E-state index contributed by atoms with van der Waals surface area (Å²) in [5.74, 6) is 0. The molecular weight excluding hydrogens is 356 g/mol. The van der Waals surface area contributed by atoms with Crippen LogP contribution in [0.25, 0.3) is 0 Å². The summed E-state index contributed by atoms with van der Waals surface area (Å²) >= 11 is 9.22. The molecule has 0 radical (unpaired) electrons. The number of nitrogens with one attached hydrogen (secondary N) is 1. The van der Waals surface area contributed by atoms with E-state index < -0.39 is 22.2 Å². The minimum absolute atomic E-state index is 0.0407. The van der Waals surface area contributed by atoms with Crippen LogP contribution in [0.5, 0.6) is 0 Å². The Morgan fingerprint density at radius 2 is 2.16 bits per heavy atom. The highest BCUT2D eigenvalue weighted by Crippen LogP contribution is 2.28. The van der Waals surface area contributed by atoms with Crippen LogP contribution >= 0.6 is 27.5 Å². The van der Waals surface area contributed by atoms with Gasteiger partial charge in [0.25, 0.3) is 0 Å². The van der Waals surface area contributed by atoms with Crippen LogP contribution < -0.4 is 5.32 Å². The van der Waals surface area contributed by atoms with E-state index in [0.717, 1.165) is 0 Å². The molecule has 0 aromatic heterocycles. The lowest BCUT2D eigenvalue weighted by Gasteiger charge is -2.26.